The number of nitrogens with zero attached hydrogens (tertiary/aromatic N) is 1. The number of hydrogen-bond donors (Lipinski definition) is 1. The molecule has 1 aliphatic carbocycles. The number of nitrogens with one attached hydrogen (secondary N) is 1. The maximum absolute atomic E-state index is 13.4. The van der Waals surface area contributed by atoms with Gasteiger partial charge < -0.3 is 10.2 Å². The van der Waals surface area contributed by atoms with E-state index in [9.17, 15) is 14.0 Å². The molecule has 0 spiro atoms. The number of hydrogen-bond acceptors (Lipinski definition) is 3. The van der Waals surface area contributed by atoms with Crippen molar-refractivity contribution in [1.82, 2.24) is 4.90 Å². The van der Waals surface area contributed by atoms with Gasteiger partial charge >= 0.3 is 0 Å². The Morgan fingerprint density at radius 1 is 1.22 bits per heavy atom. The van der Waals surface area contributed by atoms with Gasteiger partial charge in [-0.2, -0.15) is 0 Å². The number of rotatable bonds is 3. The molecule has 6 heteroatoms. The molecule has 142 valence electrons. The van der Waals surface area contributed by atoms with Crippen LogP contribution in [0.4, 0.5) is 10.1 Å². The van der Waals surface area contributed by atoms with E-state index >= 15 is 0 Å². The fourth-order valence-corrected chi connectivity index (χ4v) is 5.07. The number of thiophene rings is 1. The first-order valence-corrected chi connectivity index (χ1v) is 10.3. The molecular formula is C21H23FN2O2S. The minimum absolute atomic E-state index is 0.0368. The first-order valence-electron chi connectivity index (χ1n) is 9.49. The lowest BCUT2D eigenvalue weighted by Gasteiger charge is -2.21. The van der Waals surface area contributed by atoms with Crippen LogP contribution in [0.15, 0.2) is 24.3 Å². The number of carbonyl (C=O) groups is 2. The monoisotopic (exact) mass is 386 g/mol. The second-order valence-electron chi connectivity index (χ2n) is 7.45. The van der Waals surface area contributed by atoms with E-state index in [1.54, 1.807) is 30.4 Å². The van der Waals surface area contributed by atoms with E-state index in [0.717, 1.165) is 49.2 Å². The van der Waals surface area contributed by atoms with Gasteiger partial charge in [-0.25, -0.2) is 4.39 Å². The molecule has 1 unspecified atom stereocenters. The summed E-state index contributed by atoms with van der Waals surface area (Å²) in [5, 5.41) is 2.91. The minimum Gasteiger partial charge on any atom is -0.338 e. The van der Waals surface area contributed by atoms with Crippen LogP contribution in [0.3, 0.4) is 0 Å². The van der Waals surface area contributed by atoms with E-state index < -0.39 is 0 Å². The van der Waals surface area contributed by atoms with Crippen molar-refractivity contribution in [1.29, 1.82) is 0 Å². The number of anilines is 1. The van der Waals surface area contributed by atoms with Crippen molar-refractivity contribution in [3.63, 3.8) is 0 Å². The summed E-state index contributed by atoms with van der Waals surface area (Å²) in [6, 6.07) is 6.60. The SMILES string of the molecule is Cc1cc(NC(=O)C2CCc3sc(C(=O)N4CCCC4)cc3C2)ccc1F. The van der Waals surface area contributed by atoms with Gasteiger partial charge in [-0.3, -0.25) is 9.59 Å². The summed E-state index contributed by atoms with van der Waals surface area (Å²) in [6.07, 6.45) is 4.43. The van der Waals surface area contributed by atoms with E-state index in [1.165, 1.54) is 10.9 Å². The van der Waals surface area contributed by atoms with Crippen molar-refractivity contribution in [3.05, 3.63) is 51.0 Å². The fourth-order valence-electron chi connectivity index (χ4n) is 3.90. The molecule has 27 heavy (non-hydrogen) atoms. The van der Waals surface area contributed by atoms with Crippen LogP contribution in [-0.2, 0) is 17.6 Å². The largest absolute Gasteiger partial charge is 0.338 e. The van der Waals surface area contributed by atoms with Crippen LogP contribution >= 0.6 is 11.3 Å². The van der Waals surface area contributed by atoms with Gasteiger partial charge in [0.25, 0.3) is 5.91 Å². The normalized spacial score (nSPS) is 19.0. The topological polar surface area (TPSA) is 49.4 Å². The molecule has 1 aliphatic heterocycles. The smallest absolute Gasteiger partial charge is 0.263 e. The highest BCUT2D eigenvalue weighted by Gasteiger charge is 2.29. The van der Waals surface area contributed by atoms with Gasteiger partial charge in [0.15, 0.2) is 0 Å². The van der Waals surface area contributed by atoms with Gasteiger partial charge in [0.05, 0.1) is 4.88 Å². The molecular weight excluding hydrogens is 363 g/mol. The summed E-state index contributed by atoms with van der Waals surface area (Å²) in [5.41, 5.74) is 2.27. The molecule has 2 aromatic rings. The van der Waals surface area contributed by atoms with E-state index in [4.69, 9.17) is 0 Å². The first-order chi connectivity index (χ1) is 13.0. The summed E-state index contributed by atoms with van der Waals surface area (Å²) < 4.78 is 13.4. The molecule has 0 saturated carbocycles. The number of benzene rings is 1. The zero-order valence-corrected chi connectivity index (χ0v) is 16.2. The predicted octanol–water partition coefficient (Wildman–Crippen LogP) is 4.18. The molecule has 1 fully saturated rings. The highest BCUT2D eigenvalue weighted by molar-refractivity contribution is 7.14. The Morgan fingerprint density at radius 2 is 2.00 bits per heavy atom. The zero-order valence-electron chi connectivity index (χ0n) is 15.4. The van der Waals surface area contributed by atoms with Gasteiger partial charge in [-0.05, 0) is 74.4 Å². The van der Waals surface area contributed by atoms with Crippen molar-refractivity contribution in [2.75, 3.05) is 18.4 Å². The van der Waals surface area contributed by atoms with Crippen LogP contribution < -0.4 is 5.32 Å². The Balaban J connectivity index is 1.43. The van der Waals surface area contributed by atoms with Gasteiger partial charge in [0, 0.05) is 29.6 Å². The molecule has 1 N–H and O–H groups in total. The Labute approximate surface area is 162 Å². The average Bonchev–Trinajstić information content (AvgIpc) is 3.33. The lowest BCUT2D eigenvalue weighted by Crippen LogP contribution is -2.27. The lowest BCUT2D eigenvalue weighted by molar-refractivity contribution is -0.120. The van der Waals surface area contributed by atoms with E-state index in [1.807, 2.05) is 11.0 Å². The van der Waals surface area contributed by atoms with Crippen LogP contribution in [0.5, 0.6) is 0 Å². The Kier molecular flexibility index (Phi) is 5.00. The lowest BCUT2D eigenvalue weighted by atomic mass is 9.87. The molecule has 1 saturated heterocycles. The molecule has 4 nitrogen and oxygen atoms in total. The van der Waals surface area contributed by atoms with E-state index in [2.05, 4.69) is 5.32 Å². The quantitative estimate of drug-likeness (QED) is 0.860. The van der Waals surface area contributed by atoms with Crippen LogP contribution in [0.25, 0.3) is 0 Å². The highest BCUT2D eigenvalue weighted by atomic mass is 32.1. The Morgan fingerprint density at radius 3 is 2.74 bits per heavy atom. The van der Waals surface area contributed by atoms with E-state index in [-0.39, 0.29) is 23.5 Å². The summed E-state index contributed by atoms with van der Waals surface area (Å²) in [5.74, 6) is -0.295. The molecule has 1 atom stereocenters. The third-order valence-corrected chi connectivity index (χ3v) is 6.71. The van der Waals surface area contributed by atoms with Crippen LogP contribution in [0.1, 0.15) is 44.9 Å². The number of likely N-dealkylation sites (tertiary alicyclic amines) is 1. The fraction of sp³-hybridized carbons (Fsp3) is 0.429. The summed E-state index contributed by atoms with van der Waals surface area (Å²) in [7, 11) is 0. The Bertz CT molecular complexity index is 886. The zero-order chi connectivity index (χ0) is 19.0. The molecule has 2 heterocycles. The number of amides is 2. The average molecular weight is 386 g/mol. The van der Waals surface area contributed by atoms with Gasteiger partial charge in [0.2, 0.25) is 5.91 Å². The number of aryl methyl sites for hydroxylation is 2. The van der Waals surface area contributed by atoms with Crippen molar-refractivity contribution in [2.45, 2.75) is 39.0 Å². The second kappa shape index (κ2) is 7.43. The standard InChI is InChI=1S/C21H23FN2O2S/c1-13-10-16(5-6-17(13)22)23-20(25)14-4-7-18-15(11-14)12-19(27-18)21(26)24-8-2-3-9-24/h5-6,10,12,14H,2-4,7-9,11H2,1H3,(H,23,25). The molecule has 2 amide bonds. The van der Waals surface area contributed by atoms with Crippen LogP contribution in [0.2, 0.25) is 0 Å². The maximum Gasteiger partial charge on any atom is 0.263 e. The second-order valence-corrected chi connectivity index (χ2v) is 8.59. The number of halogens is 1. The summed E-state index contributed by atoms with van der Waals surface area (Å²) in [6.45, 7) is 3.38. The van der Waals surface area contributed by atoms with Crippen molar-refractivity contribution >= 4 is 28.8 Å². The molecule has 2 aliphatic rings. The van der Waals surface area contributed by atoms with Gasteiger partial charge in [-0.15, -0.1) is 11.3 Å². The van der Waals surface area contributed by atoms with Crippen molar-refractivity contribution < 1.29 is 14.0 Å². The third kappa shape index (κ3) is 3.76. The summed E-state index contributed by atoms with van der Waals surface area (Å²) >= 11 is 1.59. The van der Waals surface area contributed by atoms with Crippen molar-refractivity contribution in [2.24, 2.45) is 5.92 Å². The maximum atomic E-state index is 13.4. The predicted molar refractivity (Wildman–Crippen MR) is 105 cm³/mol. The third-order valence-electron chi connectivity index (χ3n) is 5.48. The minimum atomic E-state index is -0.274. The van der Waals surface area contributed by atoms with Gasteiger partial charge in [0.1, 0.15) is 5.82 Å². The molecule has 1 aromatic heterocycles. The van der Waals surface area contributed by atoms with E-state index in [0.29, 0.717) is 17.7 Å². The van der Waals surface area contributed by atoms with Crippen molar-refractivity contribution in [3.8, 4) is 0 Å². The van der Waals surface area contributed by atoms with Crippen LogP contribution in [0, 0.1) is 18.7 Å². The van der Waals surface area contributed by atoms with Crippen LogP contribution in [-0.4, -0.2) is 29.8 Å². The number of carbonyl (C=O) groups excluding carboxylic acids is 2. The molecule has 0 bridgehead atoms. The molecule has 0 radical (unpaired) electrons. The molecule has 4 rings (SSSR count). The first kappa shape index (κ1) is 18.2. The highest BCUT2D eigenvalue weighted by Crippen LogP contribution is 2.34. The van der Waals surface area contributed by atoms with Gasteiger partial charge in [-0.1, -0.05) is 0 Å². The Hall–Kier alpha value is -2.21. The summed E-state index contributed by atoms with van der Waals surface area (Å²) in [4.78, 5) is 29.2. The number of fused-ring (bicyclic) bond motifs is 1. The molecule has 1 aromatic carbocycles.